The normalized spacial score (nSPS) is 23.0. The zero-order valence-corrected chi connectivity index (χ0v) is 15.8. The number of ether oxygens (including phenoxy) is 1. The number of nitrogens with one attached hydrogen (secondary N) is 1. The Balaban J connectivity index is 2.89. The minimum atomic E-state index is -7.04. The molecule has 0 aromatic heterocycles. The van der Waals surface area contributed by atoms with Crippen LogP contribution < -0.4 is 4.72 Å². The van der Waals surface area contributed by atoms with Gasteiger partial charge >= 0.3 is 26.5 Å². The predicted molar refractivity (Wildman–Crippen MR) is 82.1 cm³/mol. The van der Waals surface area contributed by atoms with Crippen molar-refractivity contribution in [2.75, 3.05) is 13.2 Å². The summed E-state index contributed by atoms with van der Waals surface area (Å²) in [5, 5.41) is -4.68. The SMILES string of the molecule is O=S(=O)(O)C(F)(F)C(F)(F)C(F)(F)S(=O)(=O)NC1CCC(OCCCO)CC1. The lowest BCUT2D eigenvalue weighted by atomic mass is 9.94. The van der Waals surface area contributed by atoms with Crippen molar-refractivity contribution in [1.29, 1.82) is 0 Å². The number of aliphatic hydroxyl groups is 1. The highest BCUT2D eigenvalue weighted by atomic mass is 32.2. The number of halogens is 6. The van der Waals surface area contributed by atoms with E-state index in [1.54, 1.807) is 0 Å². The van der Waals surface area contributed by atoms with E-state index in [1.165, 1.54) is 4.72 Å². The molecule has 0 amide bonds. The van der Waals surface area contributed by atoms with Gasteiger partial charge < -0.3 is 9.84 Å². The molecule has 8 nitrogen and oxygen atoms in total. The lowest BCUT2D eigenvalue weighted by Crippen LogP contribution is -2.63. The van der Waals surface area contributed by atoms with E-state index in [-0.39, 0.29) is 38.9 Å². The molecule has 168 valence electrons. The van der Waals surface area contributed by atoms with Crippen LogP contribution in [-0.4, -0.2) is 68.3 Å². The largest absolute Gasteiger partial charge is 0.439 e. The minimum Gasteiger partial charge on any atom is -0.396 e. The third kappa shape index (κ3) is 4.89. The van der Waals surface area contributed by atoms with E-state index in [9.17, 15) is 43.2 Å². The van der Waals surface area contributed by atoms with Gasteiger partial charge in [-0.15, -0.1) is 0 Å². The summed E-state index contributed by atoms with van der Waals surface area (Å²) in [6.07, 6.45) is -0.0592. The predicted octanol–water partition coefficient (Wildman–Crippen LogP) is 1.32. The summed E-state index contributed by atoms with van der Waals surface area (Å²) in [5.74, 6) is -6.95. The summed E-state index contributed by atoms with van der Waals surface area (Å²) in [4.78, 5) is 0. The van der Waals surface area contributed by atoms with E-state index in [2.05, 4.69) is 0 Å². The lowest BCUT2D eigenvalue weighted by Gasteiger charge is -2.33. The Bertz CT molecular complexity index is 736. The van der Waals surface area contributed by atoms with Crippen LogP contribution in [0.4, 0.5) is 26.3 Å². The van der Waals surface area contributed by atoms with Crippen molar-refractivity contribution in [3.63, 3.8) is 0 Å². The van der Waals surface area contributed by atoms with Gasteiger partial charge in [-0.1, -0.05) is 0 Å². The Labute approximate surface area is 157 Å². The van der Waals surface area contributed by atoms with Crippen LogP contribution in [0, 0.1) is 0 Å². The number of aliphatic hydroxyl groups excluding tert-OH is 1. The van der Waals surface area contributed by atoms with Crippen molar-refractivity contribution in [3.05, 3.63) is 0 Å². The molecule has 0 aromatic carbocycles. The zero-order valence-electron chi connectivity index (χ0n) is 14.1. The molecule has 1 saturated carbocycles. The Morgan fingerprint density at radius 3 is 1.86 bits per heavy atom. The van der Waals surface area contributed by atoms with Gasteiger partial charge in [0.15, 0.2) is 0 Å². The quantitative estimate of drug-likeness (QED) is 0.251. The molecule has 16 heteroatoms. The maximum Gasteiger partial charge on any atom is 0.439 e. The van der Waals surface area contributed by atoms with E-state index in [0.717, 1.165) is 0 Å². The van der Waals surface area contributed by atoms with Crippen LogP contribution in [-0.2, 0) is 24.9 Å². The fraction of sp³-hybridized carbons (Fsp3) is 1.00. The van der Waals surface area contributed by atoms with Gasteiger partial charge in [0.05, 0.1) is 6.10 Å². The molecule has 0 atom stereocenters. The number of hydrogen-bond donors (Lipinski definition) is 3. The first-order chi connectivity index (χ1) is 12.5. The molecule has 1 aliphatic carbocycles. The average molecular weight is 467 g/mol. The van der Waals surface area contributed by atoms with Crippen LogP contribution in [0.2, 0.25) is 0 Å². The second kappa shape index (κ2) is 8.59. The van der Waals surface area contributed by atoms with Gasteiger partial charge in [0, 0.05) is 19.3 Å². The maximum absolute atomic E-state index is 13.7. The Morgan fingerprint density at radius 2 is 1.43 bits per heavy atom. The standard InChI is InChI=1S/C12H19F6NO7S2/c13-10(14,12(17,18)28(23,24)25)11(15,16)27(21,22)19-8-2-4-9(5-3-8)26-7-1-6-20/h8-9,19-20H,1-7H2,(H,23,24,25). The Morgan fingerprint density at radius 1 is 0.929 bits per heavy atom. The van der Waals surface area contributed by atoms with Crippen molar-refractivity contribution in [2.24, 2.45) is 0 Å². The number of hydrogen-bond acceptors (Lipinski definition) is 6. The van der Waals surface area contributed by atoms with Crippen molar-refractivity contribution in [3.8, 4) is 0 Å². The van der Waals surface area contributed by atoms with Crippen LogP contribution in [0.25, 0.3) is 0 Å². The summed E-state index contributed by atoms with van der Waals surface area (Å²) < 4.78 is 139. The van der Waals surface area contributed by atoms with Crippen LogP contribution in [0.5, 0.6) is 0 Å². The third-order valence-corrected chi connectivity index (χ3v) is 6.52. The topological polar surface area (TPSA) is 130 Å². The second-order valence-electron chi connectivity index (χ2n) is 6.13. The minimum absolute atomic E-state index is 0.132. The number of alkyl halides is 6. The van der Waals surface area contributed by atoms with E-state index < -0.39 is 48.7 Å². The fourth-order valence-corrected chi connectivity index (χ4v) is 4.26. The Hall–Kier alpha value is -0.680. The lowest BCUT2D eigenvalue weighted by molar-refractivity contribution is -0.246. The smallest absolute Gasteiger partial charge is 0.396 e. The van der Waals surface area contributed by atoms with Crippen LogP contribution in [0.1, 0.15) is 32.1 Å². The first-order valence-electron chi connectivity index (χ1n) is 7.86. The van der Waals surface area contributed by atoms with Crippen molar-refractivity contribution in [1.82, 2.24) is 4.72 Å². The average Bonchev–Trinajstić information content (AvgIpc) is 2.55. The molecule has 0 saturated heterocycles. The molecule has 0 radical (unpaired) electrons. The van der Waals surface area contributed by atoms with Gasteiger partial charge in [-0.05, 0) is 32.1 Å². The van der Waals surface area contributed by atoms with Crippen molar-refractivity contribution < 1.29 is 57.6 Å². The molecular formula is C12H19F6NO7S2. The summed E-state index contributed by atoms with van der Waals surface area (Å²) in [6, 6.07) is -1.30. The van der Waals surface area contributed by atoms with Crippen LogP contribution in [0.15, 0.2) is 0 Å². The van der Waals surface area contributed by atoms with Gasteiger partial charge in [-0.2, -0.15) is 34.8 Å². The van der Waals surface area contributed by atoms with Gasteiger partial charge in [-0.3, -0.25) is 4.55 Å². The highest BCUT2D eigenvalue weighted by Gasteiger charge is 2.82. The van der Waals surface area contributed by atoms with E-state index in [0.29, 0.717) is 6.42 Å². The molecule has 0 bridgehead atoms. The third-order valence-electron chi connectivity index (χ3n) is 4.04. The molecule has 3 N–H and O–H groups in total. The van der Waals surface area contributed by atoms with Gasteiger partial charge in [0.2, 0.25) is 0 Å². The molecule has 1 fully saturated rings. The number of sulfonamides is 1. The summed E-state index contributed by atoms with van der Waals surface area (Å²) >= 11 is 0. The molecule has 0 aliphatic heterocycles. The van der Waals surface area contributed by atoms with Crippen LogP contribution >= 0.6 is 0 Å². The first-order valence-corrected chi connectivity index (χ1v) is 10.8. The monoisotopic (exact) mass is 467 g/mol. The number of rotatable bonds is 10. The molecule has 1 rings (SSSR count). The molecule has 1 aliphatic rings. The maximum atomic E-state index is 13.7. The van der Waals surface area contributed by atoms with Crippen molar-refractivity contribution in [2.45, 2.75) is 60.7 Å². The van der Waals surface area contributed by atoms with E-state index in [1.807, 2.05) is 0 Å². The molecule has 28 heavy (non-hydrogen) atoms. The highest BCUT2D eigenvalue weighted by Crippen LogP contribution is 2.50. The van der Waals surface area contributed by atoms with Crippen LogP contribution in [0.3, 0.4) is 0 Å². The molecule has 0 spiro atoms. The molecular weight excluding hydrogens is 448 g/mol. The Kier molecular flexibility index (Phi) is 7.78. The van der Waals surface area contributed by atoms with Gasteiger partial charge in [-0.25, -0.2) is 13.1 Å². The highest BCUT2D eigenvalue weighted by molar-refractivity contribution is 7.91. The second-order valence-corrected chi connectivity index (χ2v) is 9.34. The van der Waals surface area contributed by atoms with Crippen molar-refractivity contribution >= 4 is 20.1 Å². The van der Waals surface area contributed by atoms with E-state index in [4.69, 9.17) is 14.4 Å². The molecule has 0 heterocycles. The summed E-state index contributed by atoms with van der Waals surface area (Å²) in [6.45, 7) is 0.0548. The van der Waals surface area contributed by atoms with E-state index >= 15 is 0 Å². The first kappa shape index (κ1) is 25.4. The molecule has 0 aromatic rings. The zero-order chi connectivity index (χ0) is 22.0. The summed E-state index contributed by atoms with van der Waals surface area (Å²) in [5.41, 5.74) is 0. The van der Waals surface area contributed by atoms with Gasteiger partial charge in [0.25, 0.3) is 10.0 Å². The summed E-state index contributed by atoms with van der Waals surface area (Å²) in [7, 11) is -13.5. The molecule has 0 unspecified atom stereocenters. The van der Waals surface area contributed by atoms with Gasteiger partial charge in [0.1, 0.15) is 0 Å². The fourth-order valence-electron chi connectivity index (χ4n) is 2.46.